The van der Waals surface area contributed by atoms with Crippen LogP contribution in [0.2, 0.25) is 0 Å². The Morgan fingerprint density at radius 1 is 1.19 bits per heavy atom. The Morgan fingerprint density at radius 2 is 1.96 bits per heavy atom. The summed E-state index contributed by atoms with van der Waals surface area (Å²) in [6.45, 7) is 6.24. The molecule has 0 aromatic heterocycles. The van der Waals surface area contributed by atoms with Gasteiger partial charge in [-0.05, 0) is 48.8 Å². The molecule has 3 atom stereocenters. The third kappa shape index (κ3) is 4.29. The minimum absolute atomic E-state index is 0.101. The molecule has 1 fully saturated rings. The van der Waals surface area contributed by atoms with Crippen molar-refractivity contribution in [1.82, 2.24) is 0 Å². The van der Waals surface area contributed by atoms with Gasteiger partial charge in [-0.25, -0.2) is 9.59 Å². The second-order valence-electron chi connectivity index (χ2n) is 7.50. The summed E-state index contributed by atoms with van der Waals surface area (Å²) < 4.78 is 21.2. The highest BCUT2D eigenvalue weighted by Crippen LogP contribution is 2.35. The van der Waals surface area contributed by atoms with Crippen molar-refractivity contribution >= 4 is 11.9 Å². The van der Waals surface area contributed by atoms with Crippen LogP contribution in [0, 0.1) is 17.8 Å². The molecule has 0 spiro atoms. The molecule has 0 saturated heterocycles. The molecule has 3 rings (SSSR count). The highest BCUT2D eigenvalue weighted by Gasteiger charge is 2.33. The van der Waals surface area contributed by atoms with Gasteiger partial charge in [-0.15, -0.1) is 0 Å². The van der Waals surface area contributed by atoms with E-state index < -0.39 is 11.9 Å². The van der Waals surface area contributed by atoms with Crippen molar-refractivity contribution in [2.75, 3.05) is 13.4 Å². The van der Waals surface area contributed by atoms with E-state index in [1.807, 2.05) is 0 Å². The third-order valence-electron chi connectivity index (χ3n) is 5.17. The molecule has 1 aliphatic carbocycles. The van der Waals surface area contributed by atoms with E-state index in [-0.39, 0.29) is 19.5 Å². The maximum absolute atomic E-state index is 12.2. The molecule has 6 heteroatoms. The van der Waals surface area contributed by atoms with Gasteiger partial charge in [-0.3, -0.25) is 0 Å². The molecule has 0 bridgehead atoms. The topological polar surface area (TPSA) is 71.1 Å². The van der Waals surface area contributed by atoms with Gasteiger partial charge in [0.1, 0.15) is 6.10 Å². The van der Waals surface area contributed by atoms with Gasteiger partial charge in [-0.1, -0.05) is 27.2 Å². The number of fused-ring (bicyclic) bond motifs is 1. The Balaban J connectivity index is 1.52. The molecule has 1 aromatic carbocycles. The van der Waals surface area contributed by atoms with E-state index in [1.165, 1.54) is 0 Å². The van der Waals surface area contributed by atoms with Gasteiger partial charge in [0.25, 0.3) is 0 Å². The Hall–Kier alpha value is -2.24. The van der Waals surface area contributed by atoms with E-state index in [0.29, 0.717) is 34.8 Å². The minimum Gasteiger partial charge on any atom is -0.460 e. The maximum atomic E-state index is 12.2. The van der Waals surface area contributed by atoms with Gasteiger partial charge in [0.2, 0.25) is 6.79 Å². The average molecular weight is 362 g/mol. The molecular weight excluding hydrogens is 336 g/mol. The summed E-state index contributed by atoms with van der Waals surface area (Å²) in [5.41, 5.74) is 0.313. The summed E-state index contributed by atoms with van der Waals surface area (Å²) in [4.78, 5) is 24.3. The summed E-state index contributed by atoms with van der Waals surface area (Å²) >= 11 is 0. The molecule has 0 amide bonds. The zero-order chi connectivity index (χ0) is 18.7. The zero-order valence-corrected chi connectivity index (χ0v) is 15.5. The van der Waals surface area contributed by atoms with Crippen LogP contribution in [0.3, 0.4) is 0 Å². The van der Waals surface area contributed by atoms with E-state index in [4.69, 9.17) is 18.9 Å². The van der Waals surface area contributed by atoms with Gasteiger partial charge >= 0.3 is 11.9 Å². The van der Waals surface area contributed by atoms with Gasteiger partial charge in [0, 0.05) is 0 Å². The van der Waals surface area contributed by atoms with E-state index >= 15 is 0 Å². The van der Waals surface area contributed by atoms with Crippen molar-refractivity contribution < 1.29 is 28.5 Å². The summed E-state index contributed by atoms with van der Waals surface area (Å²) in [5, 5.41) is 0. The predicted octanol–water partition coefficient (Wildman–Crippen LogP) is 3.58. The fraction of sp³-hybridized carbons (Fsp3) is 0.600. The van der Waals surface area contributed by atoms with Crippen LogP contribution >= 0.6 is 0 Å². The number of hydrogen-bond donors (Lipinski definition) is 0. The smallest absolute Gasteiger partial charge is 0.344 e. The van der Waals surface area contributed by atoms with Crippen LogP contribution in [0.5, 0.6) is 11.5 Å². The lowest BCUT2D eigenvalue weighted by Crippen LogP contribution is -2.36. The number of hydrogen-bond acceptors (Lipinski definition) is 6. The molecule has 0 radical (unpaired) electrons. The first-order valence-corrected chi connectivity index (χ1v) is 9.20. The van der Waals surface area contributed by atoms with E-state index in [0.717, 1.165) is 19.3 Å². The number of carbonyl (C=O) groups is 2. The summed E-state index contributed by atoms with van der Waals surface area (Å²) in [6.07, 6.45) is 2.99. The van der Waals surface area contributed by atoms with Gasteiger partial charge in [0.05, 0.1) is 5.56 Å². The lowest BCUT2D eigenvalue weighted by Gasteiger charge is -2.36. The van der Waals surface area contributed by atoms with Gasteiger partial charge in [-0.2, -0.15) is 0 Å². The van der Waals surface area contributed by atoms with Crippen molar-refractivity contribution in [3.05, 3.63) is 23.8 Å². The Labute approximate surface area is 153 Å². The zero-order valence-electron chi connectivity index (χ0n) is 15.5. The second kappa shape index (κ2) is 7.98. The van der Waals surface area contributed by atoms with Crippen LogP contribution < -0.4 is 9.47 Å². The first-order chi connectivity index (χ1) is 12.4. The summed E-state index contributed by atoms with van der Waals surface area (Å²) in [7, 11) is 0. The Kier molecular flexibility index (Phi) is 5.69. The molecule has 1 aromatic rings. The third-order valence-corrected chi connectivity index (χ3v) is 5.17. The molecular formula is C20H26O6. The maximum Gasteiger partial charge on any atom is 0.344 e. The van der Waals surface area contributed by atoms with Crippen LogP contribution in [0.1, 0.15) is 50.4 Å². The largest absolute Gasteiger partial charge is 0.460 e. The molecule has 26 heavy (non-hydrogen) atoms. The van der Waals surface area contributed by atoms with E-state index in [1.54, 1.807) is 18.2 Å². The van der Waals surface area contributed by atoms with Crippen molar-refractivity contribution in [3.8, 4) is 11.5 Å². The Morgan fingerprint density at radius 3 is 2.73 bits per heavy atom. The fourth-order valence-corrected chi connectivity index (χ4v) is 3.68. The van der Waals surface area contributed by atoms with E-state index in [2.05, 4.69) is 20.8 Å². The van der Waals surface area contributed by atoms with Gasteiger partial charge in [0.15, 0.2) is 18.1 Å². The monoisotopic (exact) mass is 362 g/mol. The molecule has 0 N–H and O–H groups in total. The highest BCUT2D eigenvalue weighted by molar-refractivity contribution is 5.91. The van der Waals surface area contributed by atoms with Crippen molar-refractivity contribution in [1.29, 1.82) is 0 Å². The predicted molar refractivity (Wildman–Crippen MR) is 94.1 cm³/mol. The molecule has 1 heterocycles. The lowest BCUT2D eigenvalue weighted by atomic mass is 9.75. The number of ether oxygens (including phenoxy) is 4. The summed E-state index contributed by atoms with van der Waals surface area (Å²) in [6, 6.07) is 4.78. The van der Waals surface area contributed by atoms with Crippen molar-refractivity contribution in [3.63, 3.8) is 0 Å². The standard InChI is InChI=1S/C20H26O6/c1-12(2)15-6-4-13(3)8-17(15)26-19(21)10-23-20(22)14-5-7-16-18(9-14)25-11-24-16/h5,7,9,12-13,15,17H,4,6,8,10-11H2,1-3H3/t13-,15+,17-/m1/s1. The number of benzene rings is 1. The average Bonchev–Trinajstić information content (AvgIpc) is 3.07. The molecule has 2 aliphatic rings. The molecule has 1 aliphatic heterocycles. The molecule has 1 saturated carbocycles. The summed E-state index contributed by atoms with van der Waals surface area (Å²) in [5.74, 6) is 1.36. The Bertz CT molecular complexity index is 668. The van der Waals surface area contributed by atoms with Crippen LogP contribution in [0.25, 0.3) is 0 Å². The lowest BCUT2D eigenvalue weighted by molar-refractivity contribution is -0.159. The van der Waals surface area contributed by atoms with Crippen LogP contribution in [0.4, 0.5) is 0 Å². The van der Waals surface area contributed by atoms with Crippen LogP contribution in [-0.2, 0) is 14.3 Å². The van der Waals surface area contributed by atoms with Gasteiger partial charge < -0.3 is 18.9 Å². The quantitative estimate of drug-likeness (QED) is 0.746. The SMILES string of the molecule is CC(C)[C@@H]1CC[C@@H](C)C[C@H]1OC(=O)COC(=O)c1ccc2c(c1)OCO2. The van der Waals surface area contributed by atoms with Crippen LogP contribution in [0.15, 0.2) is 18.2 Å². The molecule has 142 valence electrons. The second-order valence-corrected chi connectivity index (χ2v) is 7.50. The normalized spacial score (nSPS) is 24.4. The number of carbonyl (C=O) groups excluding carboxylic acids is 2. The minimum atomic E-state index is -0.585. The number of esters is 2. The molecule has 0 unspecified atom stereocenters. The first-order valence-electron chi connectivity index (χ1n) is 9.20. The highest BCUT2D eigenvalue weighted by atomic mass is 16.7. The van der Waals surface area contributed by atoms with Crippen molar-refractivity contribution in [2.24, 2.45) is 17.8 Å². The first kappa shape index (κ1) is 18.5. The van der Waals surface area contributed by atoms with Crippen molar-refractivity contribution in [2.45, 2.75) is 46.1 Å². The number of rotatable bonds is 5. The van der Waals surface area contributed by atoms with E-state index in [9.17, 15) is 9.59 Å². The van der Waals surface area contributed by atoms with Crippen LogP contribution in [-0.4, -0.2) is 31.4 Å². The molecule has 6 nitrogen and oxygen atoms in total. The fourth-order valence-electron chi connectivity index (χ4n) is 3.68.